The third kappa shape index (κ3) is 3.56. The quantitative estimate of drug-likeness (QED) is 0.873. The SMILES string of the molecule is CC(C)n1ccc(CNCC2(C)CCOCC2)n1. The van der Waals surface area contributed by atoms with Crippen molar-refractivity contribution in [3.8, 4) is 0 Å². The first kappa shape index (κ1) is 13.6. The van der Waals surface area contributed by atoms with Gasteiger partial charge in [0.15, 0.2) is 0 Å². The highest BCUT2D eigenvalue weighted by Gasteiger charge is 2.26. The van der Waals surface area contributed by atoms with Gasteiger partial charge in [0.2, 0.25) is 0 Å². The molecule has 0 aliphatic carbocycles. The van der Waals surface area contributed by atoms with E-state index in [0.29, 0.717) is 11.5 Å². The maximum atomic E-state index is 5.42. The van der Waals surface area contributed by atoms with Crippen LogP contribution in [0.15, 0.2) is 12.3 Å². The number of rotatable bonds is 5. The van der Waals surface area contributed by atoms with E-state index in [-0.39, 0.29) is 0 Å². The molecule has 1 N–H and O–H groups in total. The van der Waals surface area contributed by atoms with Crippen LogP contribution in [0.5, 0.6) is 0 Å². The van der Waals surface area contributed by atoms with Gasteiger partial charge >= 0.3 is 0 Å². The molecular weight excluding hydrogens is 226 g/mol. The van der Waals surface area contributed by atoms with Crippen LogP contribution in [-0.2, 0) is 11.3 Å². The topological polar surface area (TPSA) is 39.1 Å². The molecule has 1 aliphatic heterocycles. The van der Waals surface area contributed by atoms with Gasteiger partial charge in [-0.05, 0) is 38.2 Å². The molecule has 0 atom stereocenters. The first-order valence-corrected chi connectivity index (χ1v) is 6.92. The molecule has 1 aromatic rings. The summed E-state index contributed by atoms with van der Waals surface area (Å²) in [6, 6.07) is 2.53. The van der Waals surface area contributed by atoms with Crippen molar-refractivity contribution in [1.29, 1.82) is 0 Å². The van der Waals surface area contributed by atoms with Crippen LogP contribution in [0, 0.1) is 5.41 Å². The Balaban J connectivity index is 1.77. The maximum absolute atomic E-state index is 5.42. The van der Waals surface area contributed by atoms with Gasteiger partial charge in [-0.25, -0.2) is 0 Å². The van der Waals surface area contributed by atoms with Crippen molar-refractivity contribution in [2.75, 3.05) is 19.8 Å². The van der Waals surface area contributed by atoms with Crippen LogP contribution < -0.4 is 5.32 Å². The van der Waals surface area contributed by atoms with E-state index < -0.39 is 0 Å². The van der Waals surface area contributed by atoms with Crippen LogP contribution in [0.25, 0.3) is 0 Å². The second-order valence-corrected chi connectivity index (χ2v) is 5.91. The van der Waals surface area contributed by atoms with Gasteiger partial charge in [0.25, 0.3) is 0 Å². The summed E-state index contributed by atoms with van der Waals surface area (Å²) < 4.78 is 7.42. The monoisotopic (exact) mass is 251 g/mol. The van der Waals surface area contributed by atoms with Crippen LogP contribution >= 0.6 is 0 Å². The van der Waals surface area contributed by atoms with Gasteiger partial charge in [0, 0.05) is 38.5 Å². The second-order valence-electron chi connectivity index (χ2n) is 5.91. The average Bonchev–Trinajstić information content (AvgIpc) is 2.78. The third-order valence-electron chi connectivity index (χ3n) is 3.75. The summed E-state index contributed by atoms with van der Waals surface area (Å²) in [6.45, 7) is 10.3. The summed E-state index contributed by atoms with van der Waals surface area (Å²) >= 11 is 0. The van der Waals surface area contributed by atoms with Crippen molar-refractivity contribution >= 4 is 0 Å². The molecule has 1 fully saturated rings. The zero-order valence-electron chi connectivity index (χ0n) is 11.8. The highest BCUT2D eigenvalue weighted by Crippen LogP contribution is 2.28. The molecule has 0 aromatic carbocycles. The van der Waals surface area contributed by atoms with Crippen LogP contribution in [0.3, 0.4) is 0 Å². The fourth-order valence-electron chi connectivity index (χ4n) is 2.29. The summed E-state index contributed by atoms with van der Waals surface area (Å²) in [7, 11) is 0. The molecule has 4 heteroatoms. The van der Waals surface area contributed by atoms with Crippen LogP contribution in [-0.4, -0.2) is 29.5 Å². The average molecular weight is 251 g/mol. The van der Waals surface area contributed by atoms with Crippen LogP contribution in [0.2, 0.25) is 0 Å². The van der Waals surface area contributed by atoms with Gasteiger partial charge < -0.3 is 10.1 Å². The van der Waals surface area contributed by atoms with Crippen molar-refractivity contribution in [2.45, 2.75) is 46.2 Å². The van der Waals surface area contributed by atoms with Crippen molar-refractivity contribution in [3.63, 3.8) is 0 Å². The van der Waals surface area contributed by atoms with Crippen molar-refractivity contribution in [2.24, 2.45) is 5.41 Å². The van der Waals surface area contributed by atoms with Gasteiger partial charge in [-0.3, -0.25) is 4.68 Å². The molecule has 1 aliphatic rings. The first-order chi connectivity index (χ1) is 8.59. The molecule has 0 radical (unpaired) electrons. The molecule has 4 nitrogen and oxygen atoms in total. The van der Waals surface area contributed by atoms with E-state index in [1.165, 1.54) is 0 Å². The largest absolute Gasteiger partial charge is 0.381 e. The molecule has 1 aromatic heterocycles. The minimum Gasteiger partial charge on any atom is -0.381 e. The standard InChI is InChI=1S/C14H25N3O/c1-12(2)17-7-4-13(16-17)10-15-11-14(3)5-8-18-9-6-14/h4,7,12,15H,5-6,8-11H2,1-3H3. The highest BCUT2D eigenvalue weighted by molar-refractivity contribution is 4.99. The summed E-state index contributed by atoms with van der Waals surface area (Å²) in [4.78, 5) is 0. The summed E-state index contributed by atoms with van der Waals surface area (Å²) in [6.07, 6.45) is 4.36. The lowest BCUT2D eigenvalue weighted by Crippen LogP contribution is -2.36. The van der Waals surface area contributed by atoms with Crippen molar-refractivity contribution in [1.82, 2.24) is 15.1 Å². The lowest BCUT2D eigenvalue weighted by molar-refractivity contribution is 0.0239. The number of ether oxygens (including phenoxy) is 1. The zero-order chi connectivity index (χ0) is 13.0. The minimum atomic E-state index is 0.388. The first-order valence-electron chi connectivity index (χ1n) is 6.92. The lowest BCUT2D eigenvalue weighted by Gasteiger charge is -2.33. The Labute approximate surface area is 110 Å². The Kier molecular flexibility index (Phi) is 4.40. The van der Waals surface area contributed by atoms with Crippen molar-refractivity contribution < 1.29 is 4.74 Å². The molecule has 18 heavy (non-hydrogen) atoms. The van der Waals surface area contributed by atoms with Crippen LogP contribution in [0.4, 0.5) is 0 Å². The van der Waals surface area contributed by atoms with Gasteiger partial charge in [0.1, 0.15) is 0 Å². The molecule has 0 unspecified atom stereocenters. The van der Waals surface area contributed by atoms with Gasteiger partial charge in [-0.1, -0.05) is 6.92 Å². The third-order valence-corrected chi connectivity index (χ3v) is 3.75. The normalized spacial score (nSPS) is 19.3. The van der Waals surface area contributed by atoms with Gasteiger partial charge in [-0.2, -0.15) is 5.10 Å². The molecule has 0 saturated carbocycles. The zero-order valence-corrected chi connectivity index (χ0v) is 11.8. The van der Waals surface area contributed by atoms with E-state index in [1.807, 2.05) is 4.68 Å². The van der Waals surface area contributed by atoms with E-state index in [2.05, 4.69) is 43.4 Å². The molecular formula is C14H25N3O. The summed E-state index contributed by atoms with van der Waals surface area (Å²) in [5, 5.41) is 8.08. The van der Waals surface area contributed by atoms with E-state index in [4.69, 9.17) is 4.74 Å². The maximum Gasteiger partial charge on any atom is 0.0762 e. The van der Waals surface area contributed by atoms with Gasteiger partial charge in [0.05, 0.1) is 5.69 Å². The predicted octanol–water partition coefficient (Wildman–Crippen LogP) is 2.37. The second kappa shape index (κ2) is 5.85. The molecule has 0 amide bonds. The van der Waals surface area contributed by atoms with E-state index >= 15 is 0 Å². The molecule has 1 saturated heterocycles. The molecule has 0 spiro atoms. The fraction of sp³-hybridized carbons (Fsp3) is 0.786. The smallest absolute Gasteiger partial charge is 0.0762 e. The Morgan fingerprint density at radius 2 is 2.17 bits per heavy atom. The number of nitrogens with one attached hydrogen (secondary N) is 1. The Bertz CT molecular complexity index is 367. The summed E-state index contributed by atoms with van der Waals surface area (Å²) in [5.41, 5.74) is 1.51. The number of nitrogens with zero attached hydrogens (tertiary/aromatic N) is 2. The van der Waals surface area contributed by atoms with E-state index in [9.17, 15) is 0 Å². The molecule has 102 valence electrons. The number of aromatic nitrogens is 2. The van der Waals surface area contributed by atoms with Gasteiger partial charge in [-0.15, -0.1) is 0 Å². The van der Waals surface area contributed by atoms with E-state index in [0.717, 1.165) is 44.8 Å². The minimum absolute atomic E-state index is 0.388. The fourth-order valence-corrected chi connectivity index (χ4v) is 2.29. The summed E-state index contributed by atoms with van der Waals surface area (Å²) in [5.74, 6) is 0. The number of hydrogen-bond acceptors (Lipinski definition) is 3. The molecule has 2 heterocycles. The Morgan fingerprint density at radius 1 is 1.44 bits per heavy atom. The molecule has 2 rings (SSSR count). The Hall–Kier alpha value is -0.870. The van der Waals surface area contributed by atoms with E-state index in [1.54, 1.807) is 0 Å². The predicted molar refractivity (Wildman–Crippen MR) is 72.5 cm³/mol. The number of hydrogen-bond donors (Lipinski definition) is 1. The Morgan fingerprint density at radius 3 is 2.78 bits per heavy atom. The molecule has 0 bridgehead atoms. The highest BCUT2D eigenvalue weighted by atomic mass is 16.5. The van der Waals surface area contributed by atoms with Crippen molar-refractivity contribution in [3.05, 3.63) is 18.0 Å². The van der Waals surface area contributed by atoms with Crippen LogP contribution in [0.1, 0.15) is 45.3 Å². The lowest BCUT2D eigenvalue weighted by atomic mass is 9.82.